The first-order valence-electron chi connectivity index (χ1n) is 8.73. The molecule has 0 aliphatic heterocycles. The van der Waals surface area contributed by atoms with E-state index in [1.165, 1.54) is 12.1 Å². The summed E-state index contributed by atoms with van der Waals surface area (Å²) < 4.78 is 40.2. The highest BCUT2D eigenvalue weighted by molar-refractivity contribution is 7.89. The Morgan fingerprint density at radius 3 is 2.48 bits per heavy atom. The molecule has 6 nitrogen and oxygen atoms in total. The average molecular weight is 393 g/mol. The van der Waals surface area contributed by atoms with Gasteiger partial charge in [-0.2, -0.15) is 0 Å². The van der Waals surface area contributed by atoms with Crippen molar-refractivity contribution in [2.75, 3.05) is 19.6 Å². The average Bonchev–Trinajstić information content (AvgIpc) is 2.63. The highest BCUT2D eigenvalue weighted by atomic mass is 32.2. The molecule has 2 aromatic rings. The minimum absolute atomic E-state index is 0.209. The summed E-state index contributed by atoms with van der Waals surface area (Å²) >= 11 is 0. The summed E-state index contributed by atoms with van der Waals surface area (Å²) in [6, 6.07) is 12.9. The number of nitrogens with zero attached hydrogens (tertiary/aromatic N) is 1. The Hall–Kier alpha value is -2.45. The molecule has 3 N–H and O–H groups in total. The van der Waals surface area contributed by atoms with Crippen LogP contribution in [-0.4, -0.2) is 34.0 Å². The predicted octanol–water partition coefficient (Wildman–Crippen LogP) is 2.17. The standard InChI is InChI=1S/C19H25FN4O2S/c1-3-21-19(23-14-16-5-4-6-17(20)13-16)22-11-12-24-27(25,26)18-9-7-15(2)8-10-18/h4-10,13,24H,3,11-12,14H2,1-2H3,(H2,21,22,23). The molecule has 0 aliphatic rings. The molecule has 27 heavy (non-hydrogen) atoms. The quantitative estimate of drug-likeness (QED) is 0.365. The van der Waals surface area contributed by atoms with Crippen molar-refractivity contribution in [2.45, 2.75) is 25.3 Å². The van der Waals surface area contributed by atoms with Gasteiger partial charge in [0.1, 0.15) is 5.82 Å². The molecule has 0 radical (unpaired) electrons. The molecule has 0 atom stereocenters. The van der Waals surface area contributed by atoms with E-state index < -0.39 is 10.0 Å². The zero-order valence-corrected chi connectivity index (χ0v) is 16.3. The second-order valence-corrected chi connectivity index (χ2v) is 7.73. The van der Waals surface area contributed by atoms with E-state index in [2.05, 4.69) is 20.3 Å². The Morgan fingerprint density at radius 1 is 1.07 bits per heavy atom. The number of aryl methyl sites for hydroxylation is 1. The predicted molar refractivity (Wildman–Crippen MR) is 106 cm³/mol. The zero-order valence-electron chi connectivity index (χ0n) is 15.5. The Balaban J connectivity index is 1.86. The van der Waals surface area contributed by atoms with Gasteiger partial charge in [-0.3, -0.25) is 0 Å². The Bertz CT molecular complexity index is 868. The van der Waals surface area contributed by atoms with Gasteiger partial charge in [0.2, 0.25) is 10.0 Å². The van der Waals surface area contributed by atoms with Crippen LogP contribution in [0.15, 0.2) is 58.4 Å². The van der Waals surface area contributed by atoms with Crippen molar-refractivity contribution in [1.29, 1.82) is 0 Å². The molecule has 0 fully saturated rings. The Kier molecular flexibility index (Phi) is 7.75. The summed E-state index contributed by atoms with van der Waals surface area (Å²) in [6.07, 6.45) is 0. The van der Waals surface area contributed by atoms with Crippen molar-refractivity contribution >= 4 is 16.0 Å². The van der Waals surface area contributed by atoms with Crippen LogP contribution in [0.25, 0.3) is 0 Å². The van der Waals surface area contributed by atoms with E-state index in [0.717, 1.165) is 11.1 Å². The number of nitrogens with one attached hydrogen (secondary N) is 3. The van der Waals surface area contributed by atoms with Crippen LogP contribution in [0.4, 0.5) is 4.39 Å². The fourth-order valence-electron chi connectivity index (χ4n) is 2.31. The van der Waals surface area contributed by atoms with E-state index in [1.54, 1.807) is 36.4 Å². The van der Waals surface area contributed by atoms with Crippen LogP contribution in [0.5, 0.6) is 0 Å². The summed E-state index contributed by atoms with van der Waals surface area (Å²) in [5.41, 5.74) is 1.76. The maximum Gasteiger partial charge on any atom is 0.240 e. The topological polar surface area (TPSA) is 82.6 Å². The number of guanidine groups is 1. The SMILES string of the molecule is CCNC(=NCc1cccc(F)c1)NCCNS(=O)(=O)c1ccc(C)cc1. The third-order valence-corrected chi connectivity index (χ3v) is 5.17. The zero-order chi connectivity index (χ0) is 19.7. The van der Waals surface area contributed by atoms with Crippen LogP contribution in [0, 0.1) is 12.7 Å². The molecule has 0 bridgehead atoms. The van der Waals surface area contributed by atoms with Crippen molar-refractivity contribution in [1.82, 2.24) is 15.4 Å². The third-order valence-electron chi connectivity index (χ3n) is 3.69. The third kappa shape index (κ3) is 6.99. The fourth-order valence-corrected chi connectivity index (χ4v) is 3.35. The Labute approximate surface area is 160 Å². The van der Waals surface area contributed by atoms with Crippen LogP contribution in [0.2, 0.25) is 0 Å². The molecule has 0 aromatic heterocycles. The molecule has 0 spiro atoms. The lowest BCUT2D eigenvalue weighted by atomic mass is 10.2. The van der Waals surface area contributed by atoms with E-state index in [9.17, 15) is 12.8 Å². The van der Waals surface area contributed by atoms with Gasteiger partial charge < -0.3 is 10.6 Å². The van der Waals surface area contributed by atoms with E-state index in [4.69, 9.17) is 0 Å². The molecule has 0 heterocycles. The number of aliphatic imine (C=N–C) groups is 1. The van der Waals surface area contributed by atoms with Gasteiger partial charge in [-0.1, -0.05) is 29.8 Å². The molecular formula is C19H25FN4O2S. The monoisotopic (exact) mass is 392 g/mol. The largest absolute Gasteiger partial charge is 0.357 e. The number of hydrogen-bond acceptors (Lipinski definition) is 3. The second kappa shape index (κ2) is 10.0. The van der Waals surface area contributed by atoms with Gasteiger partial charge in [-0.25, -0.2) is 22.5 Å². The van der Waals surface area contributed by atoms with Gasteiger partial charge in [0.25, 0.3) is 0 Å². The Morgan fingerprint density at radius 2 is 1.81 bits per heavy atom. The molecule has 0 aliphatic carbocycles. The maximum atomic E-state index is 13.2. The fraction of sp³-hybridized carbons (Fsp3) is 0.316. The lowest BCUT2D eigenvalue weighted by Gasteiger charge is -2.12. The van der Waals surface area contributed by atoms with Crippen molar-refractivity contribution in [3.8, 4) is 0 Å². The van der Waals surface area contributed by atoms with Gasteiger partial charge in [-0.05, 0) is 43.7 Å². The van der Waals surface area contributed by atoms with Gasteiger partial charge in [-0.15, -0.1) is 0 Å². The van der Waals surface area contributed by atoms with Crippen molar-refractivity contribution in [3.63, 3.8) is 0 Å². The number of rotatable bonds is 8. The van der Waals surface area contributed by atoms with Crippen LogP contribution in [-0.2, 0) is 16.6 Å². The number of halogens is 1. The van der Waals surface area contributed by atoms with E-state index in [1.807, 2.05) is 13.8 Å². The number of hydrogen-bond donors (Lipinski definition) is 3. The van der Waals surface area contributed by atoms with Crippen LogP contribution in [0.1, 0.15) is 18.1 Å². The molecule has 0 unspecified atom stereocenters. The van der Waals surface area contributed by atoms with Crippen molar-refractivity contribution in [3.05, 3.63) is 65.5 Å². The summed E-state index contributed by atoms with van der Waals surface area (Å²) in [7, 11) is -3.54. The van der Waals surface area contributed by atoms with Crippen LogP contribution < -0.4 is 15.4 Å². The first kappa shape index (κ1) is 20.9. The van der Waals surface area contributed by atoms with Gasteiger partial charge in [0, 0.05) is 19.6 Å². The van der Waals surface area contributed by atoms with Crippen LogP contribution in [0.3, 0.4) is 0 Å². The molecule has 0 saturated heterocycles. The lowest BCUT2D eigenvalue weighted by Crippen LogP contribution is -2.41. The van der Waals surface area contributed by atoms with E-state index >= 15 is 0 Å². The smallest absolute Gasteiger partial charge is 0.240 e. The number of benzene rings is 2. The summed E-state index contributed by atoms with van der Waals surface area (Å²) in [4.78, 5) is 4.61. The first-order chi connectivity index (χ1) is 12.9. The highest BCUT2D eigenvalue weighted by Crippen LogP contribution is 2.09. The lowest BCUT2D eigenvalue weighted by molar-refractivity contribution is 0.580. The molecule has 0 amide bonds. The van der Waals surface area contributed by atoms with Gasteiger partial charge in [0.15, 0.2) is 5.96 Å². The van der Waals surface area contributed by atoms with E-state index in [0.29, 0.717) is 25.6 Å². The van der Waals surface area contributed by atoms with E-state index in [-0.39, 0.29) is 17.3 Å². The van der Waals surface area contributed by atoms with Gasteiger partial charge in [0.05, 0.1) is 11.4 Å². The molecule has 0 saturated carbocycles. The normalized spacial score (nSPS) is 12.0. The second-order valence-electron chi connectivity index (χ2n) is 5.96. The first-order valence-corrected chi connectivity index (χ1v) is 10.2. The summed E-state index contributed by atoms with van der Waals surface area (Å²) in [6.45, 7) is 5.38. The molecule has 8 heteroatoms. The molecule has 146 valence electrons. The van der Waals surface area contributed by atoms with Crippen molar-refractivity contribution < 1.29 is 12.8 Å². The molecule has 2 aromatic carbocycles. The summed E-state index contributed by atoms with van der Waals surface area (Å²) in [5, 5.41) is 6.13. The van der Waals surface area contributed by atoms with Gasteiger partial charge >= 0.3 is 0 Å². The number of sulfonamides is 1. The maximum absolute atomic E-state index is 13.2. The molecular weight excluding hydrogens is 367 g/mol. The minimum Gasteiger partial charge on any atom is -0.357 e. The van der Waals surface area contributed by atoms with Crippen LogP contribution >= 0.6 is 0 Å². The minimum atomic E-state index is -3.54. The van der Waals surface area contributed by atoms with Crippen molar-refractivity contribution in [2.24, 2.45) is 4.99 Å². The summed E-state index contributed by atoms with van der Waals surface area (Å²) in [5.74, 6) is 0.238. The highest BCUT2D eigenvalue weighted by Gasteiger charge is 2.12. The molecule has 2 rings (SSSR count).